The fourth-order valence-corrected chi connectivity index (χ4v) is 4.60. The first kappa shape index (κ1) is 11.3. The van der Waals surface area contributed by atoms with Crippen LogP contribution in [-0.4, -0.2) is 39.6 Å². The number of aromatic nitrogens is 8. The molecule has 0 aromatic carbocycles. The van der Waals surface area contributed by atoms with Crippen molar-refractivity contribution in [3.05, 3.63) is 11.6 Å². The molecule has 0 aliphatic heterocycles. The topological polar surface area (TPSA) is 86.2 Å². The molecule has 0 aliphatic rings. The van der Waals surface area contributed by atoms with Crippen molar-refractivity contribution in [1.29, 1.82) is 0 Å². The lowest BCUT2D eigenvalue weighted by Gasteiger charge is -1.88. The van der Waals surface area contributed by atoms with Crippen molar-refractivity contribution < 1.29 is 0 Å². The lowest BCUT2D eigenvalue weighted by atomic mass is 10.7. The lowest BCUT2D eigenvalue weighted by Crippen LogP contribution is -1.89. The van der Waals surface area contributed by atoms with Gasteiger partial charge in [0.25, 0.3) is 0 Å². The third-order valence-electron chi connectivity index (χ3n) is 2.43. The van der Waals surface area contributed by atoms with E-state index in [1.807, 2.05) is 13.8 Å². The zero-order valence-corrected chi connectivity index (χ0v) is 12.3. The second kappa shape index (κ2) is 3.95. The van der Waals surface area contributed by atoms with Crippen LogP contribution in [0, 0.1) is 13.8 Å². The highest BCUT2D eigenvalue weighted by molar-refractivity contribution is 8.02. The van der Waals surface area contributed by atoms with E-state index >= 15 is 0 Å². The summed E-state index contributed by atoms with van der Waals surface area (Å²) < 4.78 is 5.24. The standard InChI is InChI=1S/C8H6N8S3/c1-3-9-11-5-15(3)13-7(17-5)19-8-14-16-4(2)10-12-6(16)18-8/h1-2H3. The van der Waals surface area contributed by atoms with Crippen LogP contribution in [0.3, 0.4) is 0 Å². The molecule has 96 valence electrons. The highest BCUT2D eigenvalue weighted by Gasteiger charge is 2.14. The van der Waals surface area contributed by atoms with Gasteiger partial charge in [0.2, 0.25) is 9.92 Å². The summed E-state index contributed by atoms with van der Waals surface area (Å²) in [5.41, 5.74) is 0. The average Bonchev–Trinajstić information content (AvgIpc) is 3.08. The Morgan fingerprint density at radius 1 is 0.789 bits per heavy atom. The second-order valence-corrected chi connectivity index (χ2v) is 7.13. The first-order chi connectivity index (χ1) is 9.20. The molecule has 8 nitrogen and oxygen atoms in total. The Kier molecular flexibility index (Phi) is 2.34. The molecule has 0 fully saturated rings. The zero-order chi connectivity index (χ0) is 13.0. The molecule has 0 saturated heterocycles. The number of fused-ring (bicyclic) bond motifs is 2. The Morgan fingerprint density at radius 3 is 1.68 bits per heavy atom. The SMILES string of the molecule is Cc1nnc2sc(Sc3nn4c(C)nnc4s3)nn12. The van der Waals surface area contributed by atoms with E-state index in [0.717, 1.165) is 30.2 Å². The molecule has 4 aromatic heterocycles. The quantitative estimate of drug-likeness (QED) is 0.554. The van der Waals surface area contributed by atoms with Gasteiger partial charge in [-0.25, -0.2) is 0 Å². The van der Waals surface area contributed by atoms with Gasteiger partial charge in [0.15, 0.2) is 20.3 Å². The van der Waals surface area contributed by atoms with E-state index in [4.69, 9.17) is 0 Å². The van der Waals surface area contributed by atoms with Crippen molar-refractivity contribution in [1.82, 2.24) is 39.6 Å². The molecular weight excluding hydrogens is 304 g/mol. The van der Waals surface area contributed by atoms with Crippen LogP contribution in [0.1, 0.15) is 11.6 Å². The van der Waals surface area contributed by atoms with E-state index in [9.17, 15) is 0 Å². The van der Waals surface area contributed by atoms with Gasteiger partial charge in [0.05, 0.1) is 0 Å². The van der Waals surface area contributed by atoms with Gasteiger partial charge in [-0.2, -0.15) is 9.03 Å². The summed E-state index contributed by atoms with van der Waals surface area (Å²) >= 11 is 4.49. The van der Waals surface area contributed by atoms with Crippen molar-refractivity contribution in [2.24, 2.45) is 0 Å². The molecule has 11 heteroatoms. The summed E-state index contributed by atoms with van der Waals surface area (Å²) in [6, 6.07) is 0. The molecule has 0 unspecified atom stereocenters. The molecule has 4 heterocycles. The van der Waals surface area contributed by atoms with Crippen LogP contribution in [0.2, 0.25) is 0 Å². The van der Waals surface area contributed by atoms with E-state index in [1.165, 1.54) is 34.4 Å². The monoisotopic (exact) mass is 310 g/mol. The molecule has 19 heavy (non-hydrogen) atoms. The van der Waals surface area contributed by atoms with Gasteiger partial charge in [0, 0.05) is 0 Å². The minimum absolute atomic E-state index is 0.784. The summed E-state index contributed by atoms with van der Waals surface area (Å²) in [6.07, 6.45) is 0. The van der Waals surface area contributed by atoms with Crippen LogP contribution in [0.15, 0.2) is 8.68 Å². The van der Waals surface area contributed by atoms with Gasteiger partial charge in [-0.15, -0.1) is 30.6 Å². The van der Waals surface area contributed by atoms with Crippen molar-refractivity contribution in [2.75, 3.05) is 0 Å². The molecule has 0 atom stereocenters. The Bertz CT molecular complexity index is 810. The third kappa shape index (κ3) is 1.73. The minimum atomic E-state index is 0.784. The van der Waals surface area contributed by atoms with Gasteiger partial charge < -0.3 is 0 Å². The molecule has 4 aromatic rings. The summed E-state index contributed by atoms with van der Waals surface area (Å²) in [5, 5.41) is 24.9. The highest BCUT2D eigenvalue weighted by atomic mass is 32.2. The van der Waals surface area contributed by atoms with Crippen LogP contribution in [0.25, 0.3) is 9.92 Å². The summed E-state index contributed by atoms with van der Waals surface area (Å²) in [4.78, 5) is 1.58. The molecule has 0 bridgehead atoms. The number of aryl methyl sites for hydroxylation is 2. The molecule has 0 radical (unpaired) electrons. The number of nitrogens with zero attached hydrogens (tertiary/aromatic N) is 8. The molecule has 0 N–H and O–H groups in total. The summed E-state index contributed by atoms with van der Waals surface area (Å²) in [6.45, 7) is 3.75. The number of hydrogen-bond donors (Lipinski definition) is 0. The van der Waals surface area contributed by atoms with E-state index in [-0.39, 0.29) is 0 Å². The zero-order valence-electron chi connectivity index (χ0n) is 9.80. The average molecular weight is 310 g/mol. The van der Waals surface area contributed by atoms with Crippen LogP contribution in [0.5, 0.6) is 0 Å². The fourth-order valence-electron chi connectivity index (χ4n) is 1.55. The largest absolute Gasteiger partial charge is 0.235 e. The van der Waals surface area contributed by atoms with Gasteiger partial charge in [-0.1, -0.05) is 22.7 Å². The Morgan fingerprint density at radius 2 is 1.26 bits per heavy atom. The van der Waals surface area contributed by atoms with E-state index in [1.54, 1.807) is 9.03 Å². The predicted octanol–water partition coefficient (Wildman–Crippen LogP) is 1.45. The summed E-state index contributed by atoms with van der Waals surface area (Å²) in [7, 11) is 0. The Labute approximate surface area is 118 Å². The van der Waals surface area contributed by atoms with E-state index < -0.39 is 0 Å². The normalized spacial score (nSPS) is 11.9. The molecule has 4 rings (SSSR count). The minimum Gasteiger partial charge on any atom is -0.187 e. The van der Waals surface area contributed by atoms with Crippen molar-refractivity contribution >= 4 is 44.4 Å². The fraction of sp³-hybridized carbons (Fsp3) is 0.250. The van der Waals surface area contributed by atoms with Crippen molar-refractivity contribution in [2.45, 2.75) is 22.5 Å². The third-order valence-corrected chi connectivity index (χ3v) is 5.33. The first-order valence-electron chi connectivity index (χ1n) is 5.26. The highest BCUT2D eigenvalue weighted by Crippen LogP contribution is 2.33. The van der Waals surface area contributed by atoms with Gasteiger partial charge >= 0.3 is 0 Å². The molecule has 0 aliphatic carbocycles. The molecule has 0 amide bonds. The van der Waals surface area contributed by atoms with Gasteiger partial charge in [-0.3, -0.25) is 0 Å². The maximum Gasteiger partial charge on any atom is 0.235 e. The first-order valence-corrected chi connectivity index (χ1v) is 7.71. The smallest absolute Gasteiger partial charge is 0.187 e. The second-order valence-electron chi connectivity index (χ2n) is 3.72. The number of rotatable bonds is 2. The lowest BCUT2D eigenvalue weighted by molar-refractivity contribution is 0.845. The maximum absolute atomic E-state index is 4.44. The van der Waals surface area contributed by atoms with Gasteiger partial charge in [0.1, 0.15) is 0 Å². The Balaban J connectivity index is 1.72. The Hall–Kier alpha value is -1.59. The van der Waals surface area contributed by atoms with Crippen molar-refractivity contribution in [3.8, 4) is 0 Å². The predicted molar refractivity (Wildman–Crippen MR) is 70.9 cm³/mol. The van der Waals surface area contributed by atoms with Crippen molar-refractivity contribution in [3.63, 3.8) is 0 Å². The molecular formula is C8H6N8S3. The molecule has 0 spiro atoms. The van der Waals surface area contributed by atoms with Crippen LogP contribution in [0.4, 0.5) is 0 Å². The van der Waals surface area contributed by atoms with Crippen LogP contribution < -0.4 is 0 Å². The van der Waals surface area contributed by atoms with Crippen LogP contribution in [-0.2, 0) is 0 Å². The van der Waals surface area contributed by atoms with E-state index in [2.05, 4.69) is 30.6 Å². The van der Waals surface area contributed by atoms with E-state index in [0.29, 0.717) is 0 Å². The van der Waals surface area contributed by atoms with Gasteiger partial charge in [-0.05, 0) is 25.6 Å². The maximum atomic E-state index is 4.44. The van der Waals surface area contributed by atoms with Crippen LogP contribution >= 0.6 is 34.4 Å². The summed E-state index contributed by atoms with van der Waals surface area (Å²) in [5.74, 6) is 1.57. The number of hydrogen-bond acceptors (Lipinski definition) is 9. The molecule has 0 saturated carbocycles.